The lowest BCUT2D eigenvalue weighted by molar-refractivity contribution is -0.134. The Labute approximate surface area is 113 Å². The molecule has 5 heteroatoms. The number of benzene rings is 1. The molecular formula is C14H20N2O3. The first-order valence-electron chi connectivity index (χ1n) is 6.44. The minimum atomic E-state index is -0.399. The average Bonchev–Trinajstić information content (AvgIpc) is 2.46. The second-order valence-electron chi connectivity index (χ2n) is 4.60. The van der Waals surface area contributed by atoms with Gasteiger partial charge in [0.15, 0.2) is 0 Å². The van der Waals surface area contributed by atoms with Crippen LogP contribution in [0.15, 0.2) is 18.2 Å². The van der Waals surface area contributed by atoms with Crippen molar-refractivity contribution in [2.24, 2.45) is 0 Å². The van der Waals surface area contributed by atoms with Crippen molar-refractivity contribution < 1.29 is 14.3 Å². The highest BCUT2D eigenvalue weighted by atomic mass is 16.5. The summed E-state index contributed by atoms with van der Waals surface area (Å²) in [6.07, 6.45) is -0.399. The van der Waals surface area contributed by atoms with Gasteiger partial charge in [0.2, 0.25) is 0 Å². The number of hydrogen-bond donors (Lipinski definition) is 2. The molecule has 1 amide bonds. The molecule has 1 fully saturated rings. The lowest BCUT2D eigenvalue weighted by Crippen LogP contribution is -2.47. The third kappa shape index (κ3) is 3.68. The van der Waals surface area contributed by atoms with Crippen LogP contribution in [-0.2, 0) is 16.1 Å². The van der Waals surface area contributed by atoms with Gasteiger partial charge in [-0.2, -0.15) is 0 Å². The van der Waals surface area contributed by atoms with Crippen LogP contribution in [0.2, 0.25) is 0 Å². The maximum atomic E-state index is 11.9. The molecule has 5 nitrogen and oxygen atoms in total. The molecule has 0 bridgehead atoms. The Kier molecular flexibility index (Phi) is 4.76. The number of hydrogen-bond acceptors (Lipinski definition) is 4. The van der Waals surface area contributed by atoms with Crippen molar-refractivity contribution >= 4 is 5.91 Å². The van der Waals surface area contributed by atoms with Crippen LogP contribution in [0.25, 0.3) is 0 Å². The van der Waals surface area contributed by atoms with Gasteiger partial charge in [-0.1, -0.05) is 17.7 Å². The standard InChI is InChI=1S/C14H20N2O3/c1-10-3-4-12(18-2)11(7-10)8-16-14(17)13-9-15-5-6-19-13/h3-4,7,13,15H,5-6,8-9H2,1-2H3,(H,16,17). The molecule has 2 rings (SSSR count). The molecule has 19 heavy (non-hydrogen) atoms. The van der Waals surface area contributed by atoms with Gasteiger partial charge in [0.1, 0.15) is 11.9 Å². The van der Waals surface area contributed by atoms with Crippen LogP contribution in [0, 0.1) is 6.92 Å². The highest BCUT2D eigenvalue weighted by Gasteiger charge is 2.21. The number of methoxy groups -OCH3 is 1. The van der Waals surface area contributed by atoms with Crippen LogP contribution in [0.5, 0.6) is 5.75 Å². The van der Waals surface area contributed by atoms with Gasteiger partial charge in [0.05, 0.1) is 13.7 Å². The Hall–Kier alpha value is -1.59. The molecule has 1 aromatic carbocycles. The summed E-state index contributed by atoms with van der Waals surface area (Å²) in [4.78, 5) is 11.9. The van der Waals surface area contributed by atoms with E-state index < -0.39 is 6.10 Å². The molecular weight excluding hydrogens is 244 g/mol. The molecule has 1 unspecified atom stereocenters. The Morgan fingerprint density at radius 1 is 1.58 bits per heavy atom. The molecule has 0 saturated carbocycles. The molecule has 1 aliphatic heterocycles. The minimum Gasteiger partial charge on any atom is -0.496 e. The molecule has 0 aliphatic carbocycles. The molecule has 104 valence electrons. The van der Waals surface area contributed by atoms with Crippen molar-refractivity contribution in [1.82, 2.24) is 10.6 Å². The van der Waals surface area contributed by atoms with Gasteiger partial charge in [-0.05, 0) is 13.0 Å². The third-order valence-corrected chi connectivity index (χ3v) is 3.11. The van der Waals surface area contributed by atoms with E-state index in [1.54, 1.807) is 7.11 Å². The number of morpholine rings is 1. The number of amides is 1. The van der Waals surface area contributed by atoms with Crippen molar-refractivity contribution in [2.45, 2.75) is 19.6 Å². The van der Waals surface area contributed by atoms with Crippen molar-refractivity contribution in [1.29, 1.82) is 0 Å². The zero-order chi connectivity index (χ0) is 13.7. The summed E-state index contributed by atoms with van der Waals surface area (Å²) in [5.41, 5.74) is 2.11. The number of rotatable bonds is 4. The molecule has 2 N–H and O–H groups in total. The topological polar surface area (TPSA) is 59.6 Å². The maximum absolute atomic E-state index is 11.9. The Morgan fingerprint density at radius 2 is 2.42 bits per heavy atom. The van der Waals surface area contributed by atoms with Gasteiger partial charge in [-0.15, -0.1) is 0 Å². The van der Waals surface area contributed by atoms with Gasteiger partial charge in [-0.25, -0.2) is 0 Å². The summed E-state index contributed by atoms with van der Waals surface area (Å²) < 4.78 is 10.7. The number of carbonyl (C=O) groups is 1. The fourth-order valence-electron chi connectivity index (χ4n) is 2.08. The largest absolute Gasteiger partial charge is 0.496 e. The first-order valence-corrected chi connectivity index (χ1v) is 6.44. The van der Waals surface area contributed by atoms with E-state index in [1.807, 2.05) is 25.1 Å². The smallest absolute Gasteiger partial charge is 0.250 e. The summed E-state index contributed by atoms with van der Waals surface area (Å²) in [5.74, 6) is 0.698. The lowest BCUT2D eigenvalue weighted by atomic mass is 10.1. The molecule has 0 spiro atoms. The Balaban J connectivity index is 1.94. The van der Waals surface area contributed by atoms with E-state index in [1.165, 1.54) is 0 Å². The van der Waals surface area contributed by atoms with Gasteiger partial charge < -0.3 is 20.1 Å². The van der Waals surface area contributed by atoms with Gasteiger partial charge in [0.25, 0.3) is 5.91 Å². The highest BCUT2D eigenvalue weighted by Crippen LogP contribution is 2.19. The second-order valence-corrected chi connectivity index (χ2v) is 4.60. The van der Waals surface area contributed by atoms with Crippen LogP contribution < -0.4 is 15.4 Å². The molecule has 1 aliphatic rings. The normalized spacial score (nSPS) is 18.9. The van der Waals surface area contributed by atoms with Gasteiger partial charge in [0, 0.05) is 25.2 Å². The summed E-state index contributed by atoms with van der Waals surface area (Å²) in [7, 11) is 1.63. The summed E-state index contributed by atoms with van der Waals surface area (Å²) >= 11 is 0. The molecule has 1 heterocycles. The minimum absolute atomic E-state index is 0.0873. The van der Waals surface area contributed by atoms with E-state index in [2.05, 4.69) is 10.6 Å². The maximum Gasteiger partial charge on any atom is 0.250 e. The predicted octanol–water partition coefficient (Wildman–Crippen LogP) is 0.608. The first-order chi connectivity index (χ1) is 9.20. The van der Waals surface area contributed by atoms with E-state index >= 15 is 0 Å². The van der Waals surface area contributed by atoms with E-state index in [9.17, 15) is 4.79 Å². The molecule has 0 radical (unpaired) electrons. The molecule has 1 atom stereocenters. The van der Waals surface area contributed by atoms with Crippen molar-refractivity contribution in [3.63, 3.8) is 0 Å². The second kappa shape index (κ2) is 6.54. The van der Waals surface area contributed by atoms with Gasteiger partial charge in [-0.3, -0.25) is 4.79 Å². The van der Waals surface area contributed by atoms with Crippen molar-refractivity contribution in [2.75, 3.05) is 26.8 Å². The molecule has 1 aromatic rings. The Bertz CT molecular complexity index is 442. The van der Waals surface area contributed by atoms with E-state index in [-0.39, 0.29) is 5.91 Å². The zero-order valence-electron chi connectivity index (χ0n) is 11.4. The Morgan fingerprint density at radius 3 is 3.11 bits per heavy atom. The van der Waals surface area contributed by atoms with Crippen LogP contribution >= 0.6 is 0 Å². The molecule has 1 saturated heterocycles. The quantitative estimate of drug-likeness (QED) is 0.836. The van der Waals surface area contributed by atoms with Crippen molar-refractivity contribution in [3.05, 3.63) is 29.3 Å². The van der Waals surface area contributed by atoms with Crippen LogP contribution in [0.3, 0.4) is 0 Å². The fourth-order valence-corrected chi connectivity index (χ4v) is 2.08. The summed E-state index contributed by atoms with van der Waals surface area (Å²) in [6.45, 7) is 4.40. The molecule has 0 aromatic heterocycles. The van der Waals surface area contributed by atoms with E-state index in [4.69, 9.17) is 9.47 Å². The van der Waals surface area contributed by atoms with E-state index in [0.29, 0.717) is 19.7 Å². The van der Waals surface area contributed by atoms with Crippen LogP contribution in [0.4, 0.5) is 0 Å². The monoisotopic (exact) mass is 264 g/mol. The number of carbonyl (C=O) groups excluding carboxylic acids is 1. The lowest BCUT2D eigenvalue weighted by Gasteiger charge is -2.22. The average molecular weight is 264 g/mol. The number of ether oxygens (including phenoxy) is 2. The third-order valence-electron chi connectivity index (χ3n) is 3.11. The van der Waals surface area contributed by atoms with Crippen molar-refractivity contribution in [3.8, 4) is 5.75 Å². The number of nitrogens with one attached hydrogen (secondary N) is 2. The predicted molar refractivity (Wildman–Crippen MR) is 72.2 cm³/mol. The fraction of sp³-hybridized carbons (Fsp3) is 0.500. The SMILES string of the molecule is COc1ccc(C)cc1CNC(=O)C1CNCCO1. The first kappa shape index (κ1) is 13.8. The number of aryl methyl sites for hydroxylation is 1. The van der Waals surface area contributed by atoms with Crippen LogP contribution in [0.1, 0.15) is 11.1 Å². The van der Waals surface area contributed by atoms with Gasteiger partial charge >= 0.3 is 0 Å². The van der Waals surface area contributed by atoms with Crippen LogP contribution in [-0.4, -0.2) is 38.8 Å². The summed E-state index contributed by atoms with van der Waals surface area (Å²) in [5, 5.41) is 6.02. The highest BCUT2D eigenvalue weighted by molar-refractivity contribution is 5.81. The summed E-state index contributed by atoms with van der Waals surface area (Å²) in [6, 6.07) is 5.91. The zero-order valence-corrected chi connectivity index (χ0v) is 11.4. The van der Waals surface area contributed by atoms with E-state index in [0.717, 1.165) is 23.4 Å².